The van der Waals surface area contributed by atoms with Crippen LogP contribution in [-0.4, -0.2) is 11.1 Å². The number of benzene rings is 1. The minimum atomic E-state index is -0.869. The quantitative estimate of drug-likeness (QED) is 0.857. The Labute approximate surface area is 124 Å². The smallest absolute Gasteiger partial charge is 0.307 e. The zero-order chi connectivity index (χ0) is 14.0. The zero-order valence-corrected chi connectivity index (χ0v) is 12.4. The topological polar surface area (TPSA) is 49.3 Å². The van der Waals surface area contributed by atoms with E-state index in [4.69, 9.17) is 28.3 Å². The highest BCUT2D eigenvalue weighted by Crippen LogP contribution is 2.37. The number of carbonyl (C=O) groups is 1. The second-order valence-electron chi connectivity index (χ2n) is 3.98. The van der Waals surface area contributed by atoms with Gasteiger partial charge < -0.3 is 10.4 Å². The average Bonchev–Trinajstić information content (AvgIpc) is 2.65. The molecule has 0 saturated heterocycles. The third-order valence-electron chi connectivity index (χ3n) is 2.61. The number of hydrogen-bond donors (Lipinski definition) is 2. The maximum atomic E-state index is 10.8. The molecule has 0 radical (unpaired) electrons. The highest BCUT2D eigenvalue weighted by atomic mass is 35.5. The fourth-order valence-electron chi connectivity index (χ4n) is 1.71. The molecule has 0 aliphatic heterocycles. The molecule has 2 rings (SSSR count). The lowest BCUT2D eigenvalue weighted by Crippen LogP contribution is -2.02. The minimum Gasteiger partial charge on any atom is -0.481 e. The minimum absolute atomic E-state index is 0.0330. The molecule has 0 amide bonds. The monoisotopic (exact) mass is 315 g/mol. The van der Waals surface area contributed by atoms with E-state index in [-0.39, 0.29) is 6.42 Å². The normalized spacial score (nSPS) is 10.5. The van der Waals surface area contributed by atoms with E-state index in [2.05, 4.69) is 5.32 Å². The Balaban J connectivity index is 2.38. The van der Waals surface area contributed by atoms with Crippen LogP contribution >= 0.6 is 34.5 Å². The van der Waals surface area contributed by atoms with Crippen LogP contribution in [0.25, 0.3) is 0 Å². The molecular formula is C13H11Cl2NO2S. The number of aliphatic carboxylic acids is 1. The molecule has 2 N–H and O–H groups in total. The number of anilines is 2. The maximum Gasteiger partial charge on any atom is 0.307 e. The van der Waals surface area contributed by atoms with Gasteiger partial charge in [-0.05, 0) is 30.0 Å². The molecular weight excluding hydrogens is 305 g/mol. The molecule has 3 nitrogen and oxygen atoms in total. The standard InChI is InChI=1S/C13H11Cl2NO2S/c1-7-12(8(6-19-7)5-11(17)18)16-13-9(14)3-2-4-10(13)15/h2-4,6,16H,5H2,1H3,(H,17,18). The summed E-state index contributed by atoms with van der Waals surface area (Å²) in [5, 5.41) is 14.9. The van der Waals surface area contributed by atoms with E-state index in [1.807, 2.05) is 12.3 Å². The van der Waals surface area contributed by atoms with Gasteiger partial charge in [0.05, 0.1) is 27.8 Å². The average molecular weight is 316 g/mol. The lowest BCUT2D eigenvalue weighted by Gasteiger charge is -2.12. The molecule has 6 heteroatoms. The van der Waals surface area contributed by atoms with Gasteiger partial charge in [0, 0.05) is 4.88 Å². The predicted octanol–water partition coefficient (Wildman–Crippen LogP) is 4.73. The van der Waals surface area contributed by atoms with Crippen molar-refractivity contribution in [1.29, 1.82) is 0 Å². The van der Waals surface area contributed by atoms with Gasteiger partial charge >= 0.3 is 5.97 Å². The summed E-state index contributed by atoms with van der Waals surface area (Å²) in [5.41, 5.74) is 2.09. The Kier molecular flexibility index (Phi) is 4.34. The number of nitrogens with one attached hydrogen (secondary N) is 1. The molecule has 0 unspecified atom stereocenters. The van der Waals surface area contributed by atoms with Crippen molar-refractivity contribution in [3.8, 4) is 0 Å². The summed E-state index contributed by atoms with van der Waals surface area (Å²) in [7, 11) is 0. The van der Waals surface area contributed by atoms with Gasteiger partial charge in [-0.1, -0.05) is 29.3 Å². The first-order chi connectivity index (χ1) is 8.99. The van der Waals surface area contributed by atoms with Crippen molar-refractivity contribution >= 4 is 51.9 Å². The molecule has 0 saturated carbocycles. The molecule has 0 bridgehead atoms. The Bertz CT molecular complexity index is 605. The van der Waals surface area contributed by atoms with Crippen LogP contribution < -0.4 is 5.32 Å². The number of aryl methyl sites for hydroxylation is 1. The molecule has 2 aromatic rings. The van der Waals surface area contributed by atoms with Gasteiger partial charge in [0.15, 0.2) is 0 Å². The number of carboxylic acid groups (broad SMARTS) is 1. The van der Waals surface area contributed by atoms with Gasteiger partial charge in [-0.2, -0.15) is 0 Å². The van der Waals surface area contributed by atoms with Gasteiger partial charge in [-0.15, -0.1) is 11.3 Å². The Morgan fingerprint density at radius 1 is 1.32 bits per heavy atom. The zero-order valence-electron chi connectivity index (χ0n) is 10.0. The van der Waals surface area contributed by atoms with Gasteiger partial charge in [0.25, 0.3) is 0 Å². The first-order valence-electron chi connectivity index (χ1n) is 5.49. The summed E-state index contributed by atoms with van der Waals surface area (Å²) >= 11 is 13.7. The van der Waals surface area contributed by atoms with Crippen LogP contribution in [0.2, 0.25) is 10.0 Å². The SMILES string of the molecule is Cc1scc(CC(=O)O)c1Nc1c(Cl)cccc1Cl. The van der Waals surface area contributed by atoms with Crippen molar-refractivity contribution in [2.75, 3.05) is 5.32 Å². The van der Waals surface area contributed by atoms with Gasteiger partial charge in [0.1, 0.15) is 0 Å². The second-order valence-corrected chi connectivity index (χ2v) is 5.88. The highest BCUT2D eigenvalue weighted by molar-refractivity contribution is 7.10. The second kappa shape index (κ2) is 5.82. The summed E-state index contributed by atoms with van der Waals surface area (Å²) in [6.45, 7) is 1.92. The van der Waals surface area contributed by atoms with Crippen LogP contribution in [0.1, 0.15) is 10.4 Å². The molecule has 0 aliphatic rings. The number of carboxylic acids is 1. The number of halogens is 2. The van der Waals surface area contributed by atoms with Crippen LogP contribution in [0.4, 0.5) is 11.4 Å². The van der Waals surface area contributed by atoms with Gasteiger partial charge in [-0.25, -0.2) is 0 Å². The maximum absolute atomic E-state index is 10.8. The van der Waals surface area contributed by atoms with E-state index in [1.165, 1.54) is 11.3 Å². The lowest BCUT2D eigenvalue weighted by atomic mass is 10.2. The third kappa shape index (κ3) is 3.21. The van der Waals surface area contributed by atoms with Crippen LogP contribution in [-0.2, 0) is 11.2 Å². The van der Waals surface area contributed by atoms with Crippen LogP contribution in [0.5, 0.6) is 0 Å². The van der Waals surface area contributed by atoms with Crippen LogP contribution in [0.3, 0.4) is 0 Å². The molecule has 0 atom stereocenters. The first-order valence-corrected chi connectivity index (χ1v) is 7.12. The molecule has 0 fully saturated rings. The third-order valence-corrected chi connectivity index (χ3v) is 4.20. The Hall–Kier alpha value is -1.23. The largest absolute Gasteiger partial charge is 0.481 e. The van der Waals surface area contributed by atoms with E-state index >= 15 is 0 Å². The fraction of sp³-hybridized carbons (Fsp3) is 0.154. The lowest BCUT2D eigenvalue weighted by molar-refractivity contribution is -0.136. The highest BCUT2D eigenvalue weighted by Gasteiger charge is 2.14. The molecule has 1 heterocycles. The van der Waals surface area contributed by atoms with Gasteiger partial charge in [0.2, 0.25) is 0 Å². The van der Waals surface area contributed by atoms with E-state index in [1.54, 1.807) is 18.2 Å². The summed E-state index contributed by atoms with van der Waals surface area (Å²) in [6, 6.07) is 5.22. The molecule has 1 aromatic heterocycles. The Morgan fingerprint density at radius 3 is 2.53 bits per heavy atom. The number of para-hydroxylation sites is 1. The van der Waals surface area contributed by atoms with Crippen LogP contribution in [0, 0.1) is 6.92 Å². The summed E-state index contributed by atoms with van der Waals surface area (Å²) in [4.78, 5) is 11.8. The predicted molar refractivity (Wildman–Crippen MR) is 80.1 cm³/mol. The first kappa shape index (κ1) is 14.2. The number of thiophene rings is 1. The molecule has 19 heavy (non-hydrogen) atoms. The fourth-order valence-corrected chi connectivity index (χ4v) is 3.02. The van der Waals surface area contributed by atoms with Crippen molar-refractivity contribution in [3.05, 3.63) is 44.1 Å². The summed E-state index contributed by atoms with van der Waals surface area (Å²) in [5.74, 6) is -0.869. The van der Waals surface area contributed by atoms with Crippen LogP contribution in [0.15, 0.2) is 23.6 Å². The van der Waals surface area contributed by atoms with Crippen molar-refractivity contribution in [2.45, 2.75) is 13.3 Å². The Morgan fingerprint density at radius 2 is 1.95 bits per heavy atom. The summed E-state index contributed by atoms with van der Waals surface area (Å²) < 4.78 is 0. The number of rotatable bonds is 4. The van der Waals surface area contributed by atoms with Crippen molar-refractivity contribution in [3.63, 3.8) is 0 Å². The van der Waals surface area contributed by atoms with E-state index < -0.39 is 5.97 Å². The molecule has 100 valence electrons. The molecule has 0 spiro atoms. The molecule has 0 aliphatic carbocycles. The van der Waals surface area contributed by atoms with Gasteiger partial charge in [-0.3, -0.25) is 4.79 Å². The van der Waals surface area contributed by atoms with E-state index in [9.17, 15) is 4.79 Å². The van der Waals surface area contributed by atoms with Crippen molar-refractivity contribution < 1.29 is 9.90 Å². The molecule has 1 aromatic carbocycles. The number of hydrogen-bond acceptors (Lipinski definition) is 3. The van der Waals surface area contributed by atoms with E-state index in [0.29, 0.717) is 15.7 Å². The van der Waals surface area contributed by atoms with E-state index in [0.717, 1.165) is 16.1 Å². The summed E-state index contributed by atoms with van der Waals surface area (Å²) in [6.07, 6.45) is -0.0330. The van der Waals surface area contributed by atoms with Crippen molar-refractivity contribution in [1.82, 2.24) is 0 Å². The van der Waals surface area contributed by atoms with Crippen molar-refractivity contribution in [2.24, 2.45) is 0 Å².